The van der Waals surface area contributed by atoms with Crippen molar-refractivity contribution in [3.05, 3.63) is 0 Å². The van der Waals surface area contributed by atoms with Gasteiger partial charge in [-0.3, -0.25) is 4.79 Å². The van der Waals surface area contributed by atoms with Crippen molar-refractivity contribution in [1.82, 2.24) is 0 Å². The van der Waals surface area contributed by atoms with Gasteiger partial charge < -0.3 is 14.6 Å². The molecule has 4 nitrogen and oxygen atoms in total. The summed E-state index contributed by atoms with van der Waals surface area (Å²) >= 11 is 0. The summed E-state index contributed by atoms with van der Waals surface area (Å²) in [6.45, 7) is 0.551. The number of hydrogen-bond acceptors (Lipinski definition) is 3. The van der Waals surface area contributed by atoms with Gasteiger partial charge in [0.1, 0.15) is 0 Å². The first-order valence-corrected chi connectivity index (χ1v) is 4.40. The lowest BCUT2D eigenvalue weighted by Gasteiger charge is -2.26. The standard InChI is InChI=1S/C8H11F3O4/c9-8(10,11)6(7(12)13)3-5-4-14-1-2-15-5/h5-6H,1-4H2,(H,12,13). The van der Waals surface area contributed by atoms with Crippen molar-refractivity contribution in [3.63, 3.8) is 0 Å². The van der Waals surface area contributed by atoms with Crippen molar-refractivity contribution < 1.29 is 32.5 Å². The molecule has 2 atom stereocenters. The molecule has 0 amide bonds. The summed E-state index contributed by atoms with van der Waals surface area (Å²) in [7, 11) is 0. The van der Waals surface area contributed by atoms with Gasteiger partial charge in [-0.05, 0) is 6.42 Å². The van der Waals surface area contributed by atoms with E-state index < -0.39 is 30.6 Å². The predicted octanol–water partition coefficient (Wildman–Crippen LogP) is 1.05. The van der Waals surface area contributed by atoms with E-state index in [0.717, 1.165) is 0 Å². The van der Waals surface area contributed by atoms with Crippen molar-refractivity contribution in [3.8, 4) is 0 Å². The third-order valence-corrected chi connectivity index (χ3v) is 2.08. The number of halogens is 3. The van der Waals surface area contributed by atoms with E-state index in [1.54, 1.807) is 0 Å². The van der Waals surface area contributed by atoms with Crippen LogP contribution in [0.4, 0.5) is 13.2 Å². The highest BCUT2D eigenvalue weighted by Crippen LogP contribution is 2.31. The molecule has 1 saturated heterocycles. The van der Waals surface area contributed by atoms with Crippen molar-refractivity contribution in [2.75, 3.05) is 19.8 Å². The second-order valence-corrected chi connectivity index (χ2v) is 3.24. The van der Waals surface area contributed by atoms with Crippen LogP contribution < -0.4 is 0 Å². The SMILES string of the molecule is O=C(O)C(CC1COCCO1)C(F)(F)F. The van der Waals surface area contributed by atoms with Crippen LogP contribution >= 0.6 is 0 Å². The van der Waals surface area contributed by atoms with Crippen LogP contribution in [-0.4, -0.2) is 43.2 Å². The number of ether oxygens (including phenoxy) is 2. The number of alkyl halides is 3. The minimum absolute atomic E-state index is 0.0137. The third kappa shape index (κ3) is 3.67. The van der Waals surface area contributed by atoms with Gasteiger partial charge in [-0.15, -0.1) is 0 Å². The molecule has 1 heterocycles. The molecule has 1 N–H and O–H groups in total. The molecule has 1 aliphatic heterocycles. The summed E-state index contributed by atoms with van der Waals surface area (Å²) in [6, 6.07) is 0. The molecule has 0 spiro atoms. The molecule has 7 heteroatoms. The lowest BCUT2D eigenvalue weighted by Crippen LogP contribution is -2.38. The fraction of sp³-hybridized carbons (Fsp3) is 0.875. The van der Waals surface area contributed by atoms with Gasteiger partial charge in [0, 0.05) is 0 Å². The molecule has 1 fully saturated rings. The molecule has 0 saturated carbocycles. The van der Waals surface area contributed by atoms with E-state index in [0.29, 0.717) is 6.61 Å². The van der Waals surface area contributed by atoms with E-state index in [9.17, 15) is 18.0 Å². The fourth-order valence-corrected chi connectivity index (χ4v) is 1.31. The number of carboxylic acid groups (broad SMARTS) is 1. The molecule has 1 aliphatic rings. The van der Waals surface area contributed by atoms with Crippen molar-refractivity contribution in [2.45, 2.75) is 18.7 Å². The van der Waals surface area contributed by atoms with E-state index in [-0.39, 0.29) is 13.2 Å². The quantitative estimate of drug-likeness (QED) is 0.784. The average molecular weight is 228 g/mol. The minimum atomic E-state index is -4.74. The maximum Gasteiger partial charge on any atom is 0.402 e. The first-order chi connectivity index (χ1) is 6.91. The zero-order chi connectivity index (χ0) is 11.5. The maximum atomic E-state index is 12.2. The molecule has 88 valence electrons. The topological polar surface area (TPSA) is 55.8 Å². The van der Waals surface area contributed by atoms with E-state index in [2.05, 4.69) is 0 Å². The number of aliphatic carboxylic acids is 1. The van der Waals surface area contributed by atoms with Crippen LogP contribution in [-0.2, 0) is 14.3 Å². The van der Waals surface area contributed by atoms with Crippen LogP contribution in [0.15, 0.2) is 0 Å². The third-order valence-electron chi connectivity index (χ3n) is 2.08. The first-order valence-electron chi connectivity index (χ1n) is 4.40. The molecule has 0 aliphatic carbocycles. The summed E-state index contributed by atoms with van der Waals surface area (Å²) in [4.78, 5) is 10.4. The molecular weight excluding hydrogens is 217 g/mol. The summed E-state index contributed by atoms with van der Waals surface area (Å²) in [6.07, 6.45) is -6.13. The fourth-order valence-electron chi connectivity index (χ4n) is 1.31. The van der Waals surface area contributed by atoms with Crippen molar-refractivity contribution >= 4 is 5.97 Å². The van der Waals surface area contributed by atoms with E-state index >= 15 is 0 Å². The lowest BCUT2D eigenvalue weighted by molar-refractivity contribution is -0.204. The van der Waals surface area contributed by atoms with Gasteiger partial charge in [0.15, 0.2) is 5.92 Å². The molecule has 2 unspecified atom stereocenters. The van der Waals surface area contributed by atoms with Gasteiger partial charge in [0.25, 0.3) is 0 Å². The molecule has 0 radical (unpaired) electrons. The molecule has 0 aromatic carbocycles. The molecule has 15 heavy (non-hydrogen) atoms. The highest BCUT2D eigenvalue weighted by atomic mass is 19.4. The Labute approximate surface area is 84.0 Å². The Morgan fingerprint density at radius 1 is 1.47 bits per heavy atom. The van der Waals surface area contributed by atoms with Gasteiger partial charge in [-0.1, -0.05) is 0 Å². The second kappa shape index (κ2) is 4.80. The van der Waals surface area contributed by atoms with Crippen LogP contribution in [0, 0.1) is 5.92 Å². The van der Waals surface area contributed by atoms with Crippen LogP contribution in [0.3, 0.4) is 0 Å². The predicted molar refractivity (Wildman–Crippen MR) is 42.4 cm³/mol. The zero-order valence-corrected chi connectivity index (χ0v) is 7.79. The first kappa shape index (κ1) is 12.3. The molecular formula is C8H11F3O4. The Morgan fingerprint density at radius 3 is 2.53 bits per heavy atom. The molecule has 0 aromatic rings. The van der Waals surface area contributed by atoms with Gasteiger partial charge >= 0.3 is 12.1 Å². The Balaban J connectivity index is 2.54. The van der Waals surface area contributed by atoms with Crippen LogP contribution in [0.1, 0.15) is 6.42 Å². The van der Waals surface area contributed by atoms with Gasteiger partial charge in [-0.2, -0.15) is 13.2 Å². The van der Waals surface area contributed by atoms with E-state index in [1.165, 1.54) is 0 Å². The molecule has 0 aromatic heterocycles. The smallest absolute Gasteiger partial charge is 0.402 e. The monoisotopic (exact) mass is 228 g/mol. The highest BCUT2D eigenvalue weighted by molar-refractivity contribution is 5.70. The average Bonchev–Trinajstić information content (AvgIpc) is 2.13. The normalized spacial score (nSPS) is 24.9. The van der Waals surface area contributed by atoms with Crippen molar-refractivity contribution in [1.29, 1.82) is 0 Å². The van der Waals surface area contributed by atoms with Crippen LogP contribution in [0.25, 0.3) is 0 Å². The largest absolute Gasteiger partial charge is 0.481 e. The van der Waals surface area contributed by atoms with Gasteiger partial charge in [0.2, 0.25) is 0 Å². The summed E-state index contributed by atoms with van der Waals surface area (Å²) in [5, 5.41) is 8.42. The zero-order valence-electron chi connectivity index (χ0n) is 7.79. The summed E-state index contributed by atoms with van der Waals surface area (Å²) in [5.41, 5.74) is 0. The lowest BCUT2D eigenvalue weighted by atomic mass is 10.0. The van der Waals surface area contributed by atoms with Crippen LogP contribution in [0.5, 0.6) is 0 Å². The second-order valence-electron chi connectivity index (χ2n) is 3.24. The summed E-state index contributed by atoms with van der Waals surface area (Å²) in [5.74, 6) is -4.26. The van der Waals surface area contributed by atoms with E-state index in [1.807, 2.05) is 0 Å². The maximum absolute atomic E-state index is 12.2. The number of carboxylic acids is 1. The Hall–Kier alpha value is -0.820. The number of hydrogen-bond donors (Lipinski definition) is 1. The van der Waals surface area contributed by atoms with Crippen molar-refractivity contribution in [2.24, 2.45) is 5.92 Å². The molecule has 0 bridgehead atoms. The number of rotatable bonds is 3. The summed E-state index contributed by atoms with van der Waals surface area (Å²) < 4.78 is 46.6. The van der Waals surface area contributed by atoms with E-state index in [4.69, 9.17) is 14.6 Å². The van der Waals surface area contributed by atoms with Gasteiger partial charge in [-0.25, -0.2) is 0 Å². The van der Waals surface area contributed by atoms with Gasteiger partial charge in [0.05, 0.1) is 25.9 Å². The van der Waals surface area contributed by atoms with Crippen LogP contribution in [0.2, 0.25) is 0 Å². The molecule has 1 rings (SSSR count). The highest BCUT2D eigenvalue weighted by Gasteiger charge is 2.46. The number of carbonyl (C=O) groups is 1. The Kier molecular flexibility index (Phi) is 3.92. The Morgan fingerprint density at radius 2 is 2.13 bits per heavy atom. The minimum Gasteiger partial charge on any atom is -0.481 e. The Bertz CT molecular complexity index is 222.